The zero-order valence-electron chi connectivity index (χ0n) is 10.4. The van der Waals surface area contributed by atoms with Crippen LogP contribution in [-0.4, -0.2) is 11.0 Å². The van der Waals surface area contributed by atoms with E-state index < -0.39 is 0 Å². The summed E-state index contributed by atoms with van der Waals surface area (Å²) in [6.07, 6.45) is 0. The number of nitrogens with zero attached hydrogens (tertiary/aromatic N) is 1. The summed E-state index contributed by atoms with van der Waals surface area (Å²) in [6.45, 7) is 0. The number of benzene rings is 2. The Bertz CT molecular complexity index is 632. The number of thioether (sulfide) groups is 1. The molecule has 0 aliphatic rings. The fourth-order valence-electron chi connectivity index (χ4n) is 1.62. The van der Waals surface area contributed by atoms with Crippen molar-refractivity contribution in [3.8, 4) is 0 Å². The molecule has 0 atom stereocenters. The van der Waals surface area contributed by atoms with Crippen molar-refractivity contribution in [3.63, 3.8) is 0 Å². The van der Waals surface area contributed by atoms with Gasteiger partial charge >= 0.3 is 0 Å². The number of halogens is 2. The van der Waals surface area contributed by atoms with E-state index >= 15 is 0 Å². The van der Waals surface area contributed by atoms with E-state index in [0.717, 1.165) is 31.3 Å². The molecule has 2 rings (SSSR count). The second-order valence-corrected chi connectivity index (χ2v) is 6.41. The molecule has 0 radical (unpaired) electrons. The van der Waals surface area contributed by atoms with E-state index in [4.69, 9.17) is 22.5 Å². The maximum absolute atomic E-state index is 8.83. The summed E-state index contributed by atoms with van der Waals surface area (Å²) in [6, 6.07) is 13.3. The number of hydrogen-bond acceptors (Lipinski definition) is 3. The Hall–Kier alpha value is -1.17. The summed E-state index contributed by atoms with van der Waals surface area (Å²) in [5.41, 5.74) is 7.56. The van der Waals surface area contributed by atoms with Crippen LogP contribution in [-0.2, 0) is 5.75 Å². The highest BCUT2D eigenvalue weighted by molar-refractivity contribution is 9.10. The Labute approximate surface area is 134 Å². The summed E-state index contributed by atoms with van der Waals surface area (Å²) >= 11 is 10.9. The molecule has 0 fully saturated rings. The molecular formula is C14H12BrClN2OS. The van der Waals surface area contributed by atoms with Crippen LogP contribution in [0.25, 0.3) is 0 Å². The molecule has 0 amide bonds. The lowest BCUT2D eigenvalue weighted by molar-refractivity contribution is 0.318. The third-order valence-corrected chi connectivity index (χ3v) is 4.51. The Kier molecular flexibility index (Phi) is 5.34. The molecule has 0 aliphatic carbocycles. The van der Waals surface area contributed by atoms with Gasteiger partial charge in [-0.05, 0) is 35.9 Å². The lowest BCUT2D eigenvalue weighted by Crippen LogP contribution is -2.14. The Balaban J connectivity index is 2.20. The van der Waals surface area contributed by atoms with Gasteiger partial charge in [-0.2, -0.15) is 0 Å². The van der Waals surface area contributed by atoms with Crippen LogP contribution in [0.2, 0.25) is 5.02 Å². The van der Waals surface area contributed by atoms with Gasteiger partial charge in [0, 0.05) is 25.7 Å². The smallest absolute Gasteiger partial charge is 0.171 e. The van der Waals surface area contributed by atoms with E-state index in [9.17, 15) is 0 Å². The SMILES string of the molecule is N/C(=N/O)c1ccc(Br)cc1SCc1ccc(Cl)cc1. The molecule has 2 aromatic rings. The fraction of sp³-hybridized carbons (Fsp3) is 0.0714. The topological polar surface area (TPSA) is 58.6 Å². The third-order valence-electron chi connectivity index (χ3n) is 2.63. The summed E-state index contributed by atoms with van der Waals surface area (Å²) in [7, 11) is 0. The molecule has 6 heteroatoms. The van der Waals surface area contributed by atoms with Crippen LogP contribution in [0, 0.1) is 0 Å². The summed E-state index contributed by atoms with van der Waals surface area (Å²) < 4.78 is 0.950. The standard InChI is InChI=1S/C14H12BrClN2OS/c15-10-3-6-12(14(17)18-19)13(7-10)20-8-9-1-4-11(16)5-2-9/h1-7,19H,8H2,(H2,17,18). The van der Waals surface area contributed by atoms with E-state index in [-0.39, 0.29) is 5.84 Å². The van der Waals surface area contributed by atoms with Gasteiger partial charge in [-0.1, -0.05) is 44.8 Å². The van der Waals surface area contributed by atoms with Gasteiger partial charge in [-0.3, -0.25) is 0 Å². The van der Waals surface area contributed by atoms with E-state index in [0.29, 0.717) is 0 Å². The zero-order valence-corrected chi connectivity index (χ0v) is 13.5. The van der Waals surface area contributed by atoms with Gasteiger partial charge < -0.3 is 10.9 Å². The van der Waals surface area contributed by atoms with Crippen molar-refractivity contribution in [2.45, 2.75) is 10.6 Å². The molecule has 0 aliphatic heterocycles. The Morgan fingerprint density at radius 1 is 1.25 bits per heavy atom. The molecule has 0 heterocycles. The number of hydrogen-bond donors (Lipinski definition) is 2. The molecule has 20 heavy (non-hydrogen) atoms. The van der Waals surface area contributed by atoms with Crippen molar-refractivity contribution in [2.75, 3.05) is 0 Å². The van der Waals surface area contributed by atoms with Crippen molar-refractivity contribution in [3.05, 3.63) is 63.1 Å². The van der Waals surface area contributed by atoms with Crippen molar-refractivity contribution in [1.82, 2.24) is 0 Å². The van der Waals surface area contributed by atoms with Crippen LogP contribution in [0.1, 0.15) is 11.1 Å². The summed E-state index contributed by atoms with van der Waals surface area (Å²) in [4.78, 5) is 0.949. The molecule has 0 bridgehead atoms. The first-order chi connectivity index (χ1) is 9.60. The van der Waals surface area contributed by atoms with Crippen LogP contribution in [0.5, 0.6) is 0 Å². The van der Waals surface area contributed by atoms with Gasteiger partial charge in [0.2, 0.25) is 0 Å². The van der Waals surface area contributed by atoms with Gasteiger partial charge in [0.1, 0.15) is 0 Å². The first kappa shape index (κ1) is 15.2. The van der Waals surface area contributed by atoms with Crippen LogP contribution >= 0.6 is 39.3 Å². The molecule has 104 valence electrons. The average Bonchev–Trinajstić information content (AvgIpc) is 2.46. The molecule has 0 aromatic heterocycles. The van der Waals surface area contributed by atoms with E-state index in [1.54, 1.807) is 11.8 Å². The number of oxime groups is 1. The van der Waals surface area contributed by atoms with Gasteiger partial charge in [-0.15, -0.1) is 11.8 Å². The highest BCUT2D eigenvalue weighted by Crippen LogP contribution is 2.29. The van der Waals surface area contributed by atoms with Gasteiger partial charge in [0.25, 0.3) is 0 Å². The first-order valence-electron chi connectivity index (χ1n) is 5.75. The van der Waals surface area contributed by atoms with Gasteiger partial charge in [0.15, 0.2) is 5.84 Å². The zero-order chi connectivity index (χ0) is 14.5. The lowest BCUT2D eigenvalue weighted by Gasteiger charge is -2.09. The largest absolute Gasteiger partial charge is 0.409 e. The quantitative estimate of drug-likeness (QED) is 0.274. The van der Waals surface area contributed by atoms with Crippen molar-refractivity contribution >= 4 is 45.1 Å². The predicted octanol–water partition coefficient (Wildman–Crippen LogP) is 4.49. The fourth-order valence-corrected chi connectivity index (χ4v) is 3.31. The molecule has 0 saturated carbocycles. The second-order valence-electron chi connectivity index (χ2n) is 4.04. The van der Waals surface area contributed by atoms with E-state index in [2.05, 4.69) is 21.1 Å². The van der Waals surface area contributed by atoms with Crippen molar-refractivity contribution in [2.24, 2.45) is 10.9 Å². The molecular weight excluding hydrogens is 360 g/mol. The molecule has 2 aromatic carbocycles. The maximum Gasteiger partial charge on any atom is 0.171 e. The number of nitrogens with two attached hydrogens (primary N) is 1. The van der Waals surface area contributed by atoms with Crippen molar-refractivity contribution in [1.29, 1.82) is 0 Å². The summed E-state index contributed by atoms with van der Waals surface area (Å²) in [5, 5.41) is 12.6. The minimum absolute atomic E-state index is 0.108. The van der Waals surface area contributed by atoms with E-state index in [1.165, 1.54) is 0 Å². The number of amidine groups is 1. The van der Waals surface area contributed by atoms with Crippen LogP contribution in [0.4, 0.5) is 0 Å². The predicted molar refractivity (Wildman–Crippen MR) is 87.7 cm³/mol. The van der Waals surface area contributed by atoms with Gasteiger partial charge in [0.05, 0.1) is 0 Å². The average molecular weight is 372 g/mol. The Morgan fingerprint density at radius 2 is 1.95 bits per heavy atom. The maximum atomic E-state index is 8.83. The minimum Gasteiger partial charge on any atom is -0.409 e. The van der Waals surface area contributed by atoms with Crippen LogP contribution < -0.4 is 5.73 Å². The van der Waals surface area contributed by atoms with Crippen LogP contribution in [0.15, 0.2) is 57.0 Å². The minimum atomic E-state index is 0.108. The van der Waals surface area contributed by atoms with Crippen LogP contribution in [0.3, 0.4) is 0 Å². The van der Waals surface area contributed by atoms with Crippen molar-refractivity contribution < 1.29 is 5.21 Å². The second kappa shape index (κ2) is 7.02. The number of rotatable bonds is 4. The summed E-state index contributed by atoms with van der Waals surface area (Å²) in [5.74, 6) is 0.885. The molecule has 3 nitrogen and oxygen atoms in total. The molecule has 0 saturated heterocycles. The Morgan fingerprint density at radius 3 is 2.60 bits per heavy atom. The lowest BCUT2D eigenvalue weighted by atomic mass is 10.2. The van der Waals surface area contributed by atoms with Gasteiger partial charge in [-0.25, -0.2) is 0 Å². The third kappa shape index (κ3) is 3.91. The molecule has 3 N–H and O–H groups in total. The highest BCUT2D eigenvalue weighted by Gasteiger charge is 2.08. The normalized spacial score (nSPS) is 11.6. The molecule has 0 unspecified atom stereocenters. The van der Waals surface area contributed by atoms with E-state index in [1.807, 2.05) is 42.5 Å². The first-order valence-corrected chi connectivity index (χ1v) is 7.90. The monoisotopic (exact) mass is 370 g/mol. The molecule has 0 spiro atoms. The highest BCUT2D eigenvalue weighted by atomic mass is 79.9.